The average molecular weight is 389 g/mol. The quantitative estimate of drug-likeness (QED) is 0.585. The van der Waals surface area contributed by atoms with Crippen LogP contribution in [0.3, 0.4) is 0 Å². The van der Waals surface area contributed by atoms with E-state index in [0.717, 1.165) is 30.0 Å². The van der Waals surface area contributed by atoms with E-state index in [0.29, 0.717) is 0 Å². The molecule has 0 unspecified atom stereocenters. The molecule has 2 aromatic carbocycles. The first-order valence-corrected chi connectivity index (χ1v) is 10.0. The van der Waals surface area contributed by atoms with Gasteiger partial charge in [0.2, 0.25) is 0 Å². The van der Waals surface area contributed by atoms with Gasteiger partial charge in [-0.1, -0.05) is 24.3 Å². The van der Waals surface area contributed by atoms with Gasteiger partial charge in [-0.3, -0.25) is 4.79 Å². The lowest BCUT2D eigenvalue weighted by atomic mass is 10.1. The lowest BCUT2D eigenvalue weighted by molar-refractivity contribution is -0.117. The van der Waals surface area contributed by atoms with Crippen molar-refractivity contribution < 1.29 is 9.53 Å². The molecular formula is C24H27N3O2. The zero-order chi connectivity index (χ0) is 20.6. The summed E-state index contributed by atoms with van der Waals surface area (Å²) in [5.41, 5.74) is 3.04. The summed E-state index contributed by atoms with van der Waals surface area (Å²) in [6, 6.07) is 17.3. The number of nitrogens with zero attached hydrogens (tertiary/aromatic N) is 2. The third-order valence-electron chi connectivity index (χ3n) is 5.23. The molecule has 1 N–H and O–H groups in total. The molecule has 0 saturated carbocycles. The number of rotatable bonds is 6. The van der Waals surface area contributed by atoms with Gasteiger partial charge in [-0.05, 0) is 67.7 Å². The van der Waals surface area contributed by atoms with Crippen LogP contribution in [0.1, 0.15) is 43.4 Å². The van der Waals surface area contributed by atoms with E-state index in [1.165, 1.54) is 24.9 Å². The smallest absolute Gasteiger partial charge is 0.262 e. The van der Waals surface area contributed by atoms with Gasteiger partial charge in [0.15, 0.2) is 0 Å². The molecule has 1 atom stereocenters. The average Bonchev–Trinajstić information content (AvgIpc) is 2.78. The number of carbonyl (C=O) groups is 1. The van der Waals surface area contributed by atoms with Crippen LogP contribution >= 0.6 is 0 Å². The Hall–Kier alpha value is -3.26. The third kappa shape index (κ3) is 5.39. The molecule has 5 nitrogen and oxygen atoms in total. The van der Waals surface area contributed by atoms with E-state index in [9.17, 15) is 10.1 Å². The summed E-state index contributed by atoms with van der Waals surface area (Å²) in [6.45, 7) is 4.06. The monoisotopic (exact) mass is 389 g/mol. The number of anilines is 1. The summed E-state index contributed by atoms with van der Waals surface area (Å²) in [5.74, 6) is 0.344. The van der Waals surface area contributed by atoms with Crippen molar-refractivity contribution in [2.45, 2.75) is 32.2 Å². The number of amides is 1. The largest absolute Gasteiger partial charge is 0.497 e. The number of benzene rings is 2. The second-order valence-corrected chi connectivity index (χ2v) is 7.28. The maximum absolute atomic E-state index is 12.6. The fraction of sp³-hybridized carbons (Fsp3) is 0.333. The Balaban J connectivity index is 1.68. The highest BCUT2D eigenvalue weighted by Crippen LogP contribution is 2.22. The van der Waals surface area contributed by atoms with E-state index in [-0.39, 0.29) is 17.5 Å². The Bertz CT molecular complexity index is 906. The van der Waals surface area contributed by atoms with E-state index >= 15 is 0 Å². The highest BCUT2D eigenvalue weighted by Gasteiger charge is 2.15. The molecule has 1 aliphatic heterocycles. The lowest BCUT2D eigenvalue weighted by Crippen LogP contribution is -2.29. The molecule has 5 heteroatoms. The third-order valence-corrected chi connectivity index (χ3v) is 5.23. The molecule has 1 heterocycles. The zero-order valence-electron chi connectivity index (χ0n) is 17.0. The van der Waals surface area contributed by atoms with Crippen molar-refractivity contribution in [1.82, 2.24) is 5.32 Å². The minimum atomic E-state index is -0.386. The first kappa shape index (κ1) is 20.5. The number of hydrogen-bond donors (Lipinski definition) is 1. The molecule has 0 bridgehead atoms. The predicted octanol–water partition coefficient (Wildman–Crippen LogP) is 4.47. The van der Waals surface area contributed by atoms with Crippen LogP contribution in [0, 0.1) is 11.3 Å². The lowest BCUT2D eigenvalue weighted by Gasteiger charge is -2.28. The molecule has 1 amide bonds. The van der Waals surface area contributed by atoms with Crippen LogP contribution in [0.15, 0.2) is 54.1 Å². The van der Waals surface area contributed by atoms with Gasteiger partial charge < -0.3 is 15.0 Å². The number of methoxy groups -OCH3 is 1. The molecule has 3 rings (SSSR count). The fourth-order valence-corrected chi connectivity index (χ4v) is 3.52. The van der Waals surface area contributed by atoms with Crippen molar-refractivity contribution in [1.29, 1.82) is 5.26 Å². The molecule has 1 aliphatic rings. The maximum Gasteiger partial charge on any atom is 0.262 e. The first-order valence-electron chi connectivity index (χ1n) is 10.0. The molecule has 0 aromatic heterocycles. The van der Waals surface area contributed by atoms with Gasteiger partial charge in [0, 0.05) is 18.8 Å². The molecule has 0 radical (unpaired) electrons. The summed E-state index contributed by atoms with van der Waals surface area (Å²) in [5, 5.41) is 12.4. The predicted molar refractivity (Wildman–Crippen MR) is 116 cm³/mol. The van der Waals surface area contributed by atoms with Crippen LogP contribution in [0.5, 0.6) is 5.75 Å². The van der Waals surface area contributed by atoms with E-state index < -0.39 is 0 Å². The van der Waals surface area contributed by atoms with Gasteiger partial charge in [0.05, 0.1) is 13.2 Å². The number of piperidine rings is 1. The van der Waals surface area contributed by atoms with Gasteiger partial charge in [0.25, 0.3) is 5.91 Å². The van der Waals surface area contributed by atoms with E-state index in [2.05, 4.69) is 22.3 Å². The Morgan fingerprint density at radius 1 is 1.17 bits per heavy atom. The van der Waals surface area contributed by atoms with Crippen LogP contribution < -0.4 is 15.0 Å². The minimum Gasteiger partial charge on any atom is -0.497 e. The first-order chi connectivity index (χ1) is 14.1. The summed E-state index contributed by atoms with van der Waals surface area (Å²) in [7, 11) is 1.61. The summed E-state index contributed by atoms with van der Waals surface area (Å²) < 4.78 is 5.23. The van der Waals surface area contributed by atoms with E-state index in [1.54, 1.807) is 13.2 Å². The van der Waals surface area contributed by atoms with Crippen LogP contribution in [-0.4, -0.2) is 26.1 Å². The minimum absolute atomic E-state index is 0.0884. The molecule has 1 saturated heterocycles. The van der Waals surface area contributed by atoms with Crippen molar-refractivity contribution in [3.8, 4) is 11.8 Å². The summed E-state index contributed by atoms with van der Waals surface area (Å²) in [4.78, 5) is 15.0. The Morgan fingerprint density at radius 2 is 1.90 bits per heavy atom. The molecule has 0 spiro atoms. The number of ether oxygens (including phenoxy) is 1. The standard InChI is InChI=1S/C24H27N3O2/c1-18(20-7-6-8-23(16-20)29-2)26-24(28)21(17-25)15-19-9-11-22(12-10-19)27-13-4-3-5-14-27/h6-12,15-16,18H,3-5,13-14H2,1-2H3,(H,26,28)/b21-15+/t18-/m0/s1. The highest BCUT2D eigenvalue weighted by molar-refractivity contribution is 6.01. The molecular weight excluding hydrogens is 362 g/mol. The van der Waals surface area contributed by atoms with Crippen molar-refractivity contribution in [3.63, 3.8) is 0 Å². The van der Waals surface area contributed by atoms with Crippen LogP contribution in [-0.2, 0) is 4.79 Å². The molecule has 1 fully saturated rings. The molecule has 150 valence electrons. The normalized spacial score (nSPS) is 15.3. The van der Waals surface area contributed by atoms with Crippen molar-refractivity contribution in [3.05, 3.63) is 65.2 Å². The van der Waals surface area contributed by atoms with Gasteiger partial charge in [0.1, 0.15) is 17.4 Å². The summed E-state index contributed by atoms with van der Waals surface area (Å²) in [6.07, 6.45) is 5.39. The number of nitriles is 1. The SMILES string of the molecule is COc1cccc([C@H](C)NC(=O)/C(C#N)=C/c2ccc(N3CCCCC3)cc2)c1. The van der Waals surface area contributed by atoms with Crippen molar-refractivity contribution >= 4 is 17.7 Å². The van der Waals surface area contributed by atoms with Crippen molar-refractivity contribution in [2.75, 3.05) is 25.1 Å². The second kappa shape index (κ2) is 9.79. The van der Waals surface area contributed by atoms with E-state index in [1.807, 2.05) is 49.4 Å². The Kier molecular flexibility index (Phi) is 6.91. The topological polar surface area (TPSA) is 65.4 Å². The molecule has 0 aliphatic carbocycles. The van der Waals surface area contributed by atoms with Gasteiger partial charge in [-0.15, -0.1) is 0 Å². The summed E-state index contributed by atoms with van der Waals surface area (Å²) >= 11 is 0. The Labute approximate surface area is 172 Å². The van der Waals surface area contributed by atoms with Gasteiger partial charge in [-0.2, -0.15) is 5.26 Å². The van der Waals surface area contributed by atoms with E-state index in [4.69, 9.17) is 4.74 Å². The maximum atomic E-state index is 12.6. The van der Waals surface area contributed by atoms with Gasteiger partial charge >= 0.3 is 0 Å². The second-order valence-electron chi connectivity index (χ2n) is 7.28. The van der Waals surface area contributed by atoms with Gasteiger partial charge in [-0.25, -0.2) is 0 Å². The van der Waals surface area contributed by atoms with Crippen molar-refractivity contribution in [2.24, 2.45) is 0 Å². The molecule has 2 aromatic rings. The number of hydrogen-bond acceptors (Lipinski definition) is 4. The van der Waals surface area contributed by atoms with Crippen LogP contribution in [0.25, 0.3) is 6.08 Å². The number of carbonyl (C=O) groups excluding carboxylic acids is 1. The highest BCUT2D eigenvalue weighted by atomic mass is 16.5. The fourth-order valence-electron chi connectivity index (χ4n) is 3.52. The molecule has 29 heavy (non-hydrogen) atoms. The zero-order valence-corrected chi connectivity index (χ0v) is 17.0. The van der Waals surface area contributed by atoms with Crippen LogP contribution in [0.4, 0.5) is 5.69 Å². The van der Waals surface area contributed by atoms with Crippen LogP contribution in [0.2, 0.25) is 0 Å². The Morgan fingerprint density at radius 3 is 2.55 bits per heavy atom. The number of nitrogens with one attached hydrogen (secondary N) is 1.